The number of fused-ring (bicyclic) bond motifs is 1. The van der Waals surface area contributed by atoms with Gasteiger partial charge in [-0.1, -0.05) is 12.1 Å². The molecule has 1 aromatic heterocycles. The SMILES string of the molecule is OC1(c2ccc3ccoc3c2)CC1. The largest absolute Gasteiger partial charge is 0.464 e. The maximum absolute atomic E-state index is 9.86. The van der Waals surface area contributed by atoms with Gasteiger partial charge in [-0.3, -0.25) is 0 Å². The third-order valence-corrected chi connectivity index (χ3v) is 2.72. The lowest BCUT2D eigenvalue weighted by Gasteiger charge is -2.06. The van der Waals surface area contributed by atoms with Crippen molar-refractivity contribution >= 4 is 11.0 Å². The first-order valence-electron chi connectivity index (χ1n) is 4.48. The number of rotatable bonds is 1. The lowest BCUT2D eigenvalue weighted by atomic mass is 10.1. The van der Waals surface area contributed by atoms with Gasteiger partial charge >= 0.3 is 0 Å². The highest BCUT2D eigenvalue weighted by atomic mass is 16.3. The Morgan fingerprint density at radius 2 is 2.08 bits per heavy atom. The Kier molecular flexibility index (Phi) is 1.18. The summed E-state index contributed by atoms with van der Waals surface area (Å²) in [5, 5.41) is 10.9. The van der Waals surface area contributed by atoms with Gasteiger partial charge in [0.15, 0.2) is 0 Å². The molecule has 0 unspecified atom stereocenters. The average Bonchev–Trinajstić information content (AvgIpc) is 2.74. The Hall–Kier alpha value is -1.28. The smallest absolute Gasteiger partial charge is 0.134 e. The second-order valence-electron chi connectivity index (χ2n) is 3.70. The van der Waals surface area contributed by atoms with E-state index in [-0.39, 0.29) is 0 Å². The van der Waals surface area contributed by atoms with Gasteiger partial charge in [0.05, 0.1) is 11.9 Å². The van der Waals surface area contributed by atoms with Crippen molar-refractivity contribution in [1.82, 2.24) is 0 Å². The summed E-state index contributed by atoms with van der Waals surface area (Å²) in [4.78, 5) is 0. The highest BCUT2D eigenvalue weighted by Gasteiger charge is 2.42. The fourth-order valence-corrected chi connectivity index (χ4v) is 1.65. The predicted molar refractivity (Wildman–Crippen MR) is 49.3 cm³/mol. The number of aliphatic hydroxyl groups is 1. The van der Waals surface area contributed by atoms with E-state index in [1.54, 1.807) is 6.26 Å². The normalized spacial score (nSPS) is 19.2. The summed E-state index contributed by atoms with van der Waals surface area (Å²) in [7, 11) is 0. The minimum Gasteiger partial charge on any atom is -0.464 e. The molecule has 0 radical (unpaired) electrons. The van der Waals surface area contributed by atoms with Gasteiger partial charge in [-0.25, -0.2) is 0 Å². The van der Waals surface area contributed by atoms with Gasteiger partial charge in [0.1, 0.15) is 5.58 Å². The van der Waals surface area contributed by atoms with Crippen molar-refractivity contribution in [3.63, 3.8) is 0 Å². The molecule has 0 amide bonds. The molecule has 1 aromatic carbocycles. The van der Waals surface area contributed by atoms with E-state index < -0.39 is 5.60 Å². The van der Waals surface area contributed by atoms with Crippen molar-refractivity contribution in [2.45, 2.75) is 18.4 Å². The Morgan fingerprint density at radius 1 is 1.23 bits per heavy atom. The molecule has 1 saturated carbocycles. The maximum Gasteiger partial charge on any atom is 0.134 e. The molecule has 1 aliphatic rings. The topological polar surface area (TPSA) is 33.4 Å². The molecule has 0 bridgehead atoms. The second-order valence-corrected chi connectivity index (χ2v) is 3.70. The number of hydrogen-bond acceptors (Lipinski definition) is 2. The maximum atomic E-state index is 9.86. The van der Waals surface area contributed by atoms with E-state index in [9.17, 15) is 5.11 Å². The first-order valence-corrected chi connectivity index (χ1v) is 4.48. The molecule has 1 aliphatic carbocycles. The summed E-state index contributed by atoms with van der Waals surface area (Å²) in [5.41, 5.74) is 1.29. The zero-order chi connectivity index (χ0) is 8.89. The Morgan fingerprint density at radius 3 is 2.85 bits per heavy atom. The van der Waals surface area contributed by atoms with E-state index in [1.807, 2.05) is 24.3 Å². The van der Waals surface area contributed by atoms with E-state index in [1.165, 1.54) is 0 Å². The minimum atomic E-state index is -0.555. The summed E-state index contributed by atoms with van der Waals surface area (Å²) < 4.78 is 5.27. The molecular formula is C11H10O2. The van der Waals surface area contributed by atoms with Crippen LogP contribution in [0.25, 0.3) is 11.0 Å². The molecule has 0 saturated heterocycles. The summed E-state index contributed by atoms with van der Waals surface area (Å²) in [5.74, 6) is 0. The third-order valence-electron chi connectivity index (χ3n) is 2.72. The van der Waals surface area contributed by atoms with Crippen molar-refractivity contribution in [1.29, 1.82) is 0 Å². The van der Waals surface area contributed by atoms with Crippen LogP contribution in [0.5, 0.6) is 0 Å². The number of hydrogen-bond donors (Lipinski definition) is 1. The van der Waals surface area contributed by atoms with Gasteiger partial charge in [-0.05, 0) is 30.5 Å². The molecule has 2 aromatic rings. The first kappa shape index (κ1) is 7.15. The van der Waals surface area contributed by atoms with Crippen LogP contribution in [-0.2, 0) is 5.60 Å². The molecule has 0 aliphatic heterocycles. The van der Waals surface area contributed by atoms with Gasteiger partial charge in [-0.15, -0.1) is 0 Å². The van der Waals surface area contributed by atoms with Gasteiger partial charge in [0, 0.05) is 5.39 Å². The van der Waals surface area contributed by atoms with Crippen LogP contribution >= 0.6 is 0 Å². The molecule has 1 N–H and O–H groups in total. The van der Waals surface area contributed by atoms with Crippen LogP contribution in [0.1, 0.15) is 18.4 Å². The van der Waals surface area contributed by atoms with Crippen molar-refractivity contribution in [2.24, 2.45) is 0 Å². The number of furan rings is 1. The van der Waals surface area contributed by atoms with Crippen LogP contribution in [0, 0.1) is 0 Å². The molecule has 0 atom stereocenters. The van der Waals surface area contributed by atoms with E-state index in [0.29, 0.717) is 0 Å². The molecule has 0 spiro atoms. The van der Waals surface area contributed by atoms with E-state index >= 15 is 0 Å². The fourth-order valence-electron chi connectivity index (χ4n) is 1.65. The average molecular weight is 174 g/mol. The first-order chi connectivity index (χ1) is 6.28. The van der Waals surface area contributed by atoms with Crippen molar-refractivity contribution < 1.29 is 9.52 Å². The van der Waals surface area contributed by atoms with Crippen LogP contribution in [0.15, 0.2) is 34.9 Å². The standard InChI is InChI=1S/C11H10O2/c12-11(4-5-11)9-2-1-8-3-6-13-10(8)7-9/h1-3,6-7,12H,4-5H2. The monoisotopic (exact) mass is 174 g/mol. The fraction of sp³-hybridized carbons (Fsp3) is 0.273. The zero-order valence-corrected chi connectivity index (χ0v) is 7.16. The third kappa shape index (κ3) is 0.988. The van der Waals surface area contributed by atoms with Crippen molar-refractivity contribution in [2.75, 3.05) is 0 Å². The quantitative estimate of drug-likeness (QED) is 0.720. The number of benzene rings is 1. The van der Waals surface area contributed by atoms with E-state index in [2.05, 4.69) is 0 Å². The molecule has 3 rings (SSSR count). The van der Waals surface area contributed by atoms with Crippen LogP contribution in [-0.4, -0.2) is 5.11 Å². The lowest BCUT2D eigenvalue weighted by Crippen LogP contribution is -2.02. The predicted octanol–water partition coefficient (Wildman–Crippen LogP) is 2.41. The van der Waals surface area contributed by atoms with Crippen LogP contribution in [0.4, 0.5) is 0 Å². The van der Waals surface area contributed by atoms with Crippen LogP contribution < -0.4 is 0 Å². The minimum absolute atomic E-state index is 0.555. The highest BCUT2D eigenvalue weighted by Crippen LogP contribution is 2.45. The molecule has 1 heterocycles. The van der Waals surface area contributed by atoms with Crippen LogP contribution in [0.3, 0.4) is 0 Å². The van der Waals surface area contributed by atoms with E-state index in [4.69, 9.17) is 4.42 Å². The lowest BCUT2D eigenvalue weighted by molar-refractivity contribution is 0.151. The molecule has 13 heavy (non-hydrogen) atoms. The molecular weight excluding hydrogens is 164 g/mol. The van der Waals surface area contributed by atoms with Crippen LogP contribution in [0.2, 0.25) is 0 Å². The van der Waals surface area contributed by atoms with Gasteiger partial charge in [0.25, 0.3) is 0 Å². The van der Waals surface area contributed by atoms with E-state index in [0.717, 1.165) is 29.4 Å². The Bertz CT molecular complexity index is 452. The van der Waals surface area contributed by atoms with Gasteiger partial charge in [0.2, 0.25) is 0 Å². The highest BCUT2D eigenvalue weighted by molar-refractivity contribution is 5.78. The summed E-state index contributed by atoms with van der Waals surface area (Å²) >= 11 is 0. The van der Waals surface area contributed by atoms with Gasteiger partial charge < -0.3 is 9.52 Å². The summed E-state index contributed by atoms with van der Waals surface area (Å²) in [6.45, 7) is 0. The molecule has 66 valence electrons. The second kappa shape index (κ2) is 2.15. The molecule has 2 heteroatoms. The zero-order valence-electron chi connectivity index (χ0n) is 7.16. The molecule has 2 nitrogen and oxygen atoms in total. The van der Waals surface area contributed by atoms with Crippen molar-refractivity contribution in [3.8, 4) is 0 Å². The van der Waals surface area contributed by atoms with Crippen molar-refractivity contribution in [3.05, 3.63) is 36.1 Å². The Balaban J connectivity index is 2.20. The van der Waals surface area contributed by atoms with Gasteiger partial charge in [-0.2, -0.15) is 0 Å². The molecule has 1 fully saturated rings. The Labute approximate surface area is 75.8 Å². The summed E-state index contributed by atoms with van der Waals surface area (Å²) in [6, 6.07) is 7.83. The summed E-state index contributed by atoms with van der Waals surface area (Å²) in [6.07, 6.45) is 3.42.